The maximum Gasteiger partial charge on any atom is 0.344 e. The zero-order valence-electron chi connectivity index (χ0n) is 9.39. The van der Waals surface area contributed by atoms with E-state index in [1.807, 2.05) is 9.97 Å². The van der Waals surface area contributed by atoms with Crippen LogP contribution in [0.3, 0.4) is 0 Å². The molecule has 1 aromatic rings. The number of aromatic nitrogens is 2. The van der Waals surface area contributed by atoms with Gasteiger partial charge in [-0.05, 0) is 0 Å². The average molecular weight is 270 g/mol. The van der Waals surface area contributed by atoms with Gasteiger partial charge in [0.1, 0.15) is 6.04 Å². The molecule has 0 aromatic carbocycles. The lowest BCUT2D eigenvalue weighted by Gasteiger charge is -2.22. The molecule has 1 aromatic heterocycles. The van der Waals surface area contributed by atoms with Gasteiger partial charge in [-0.15, -0.1) is 0 Å². The second kappa shape index (κ2) is 4.81. The SMILES string of the molecule is NOC1=NC(=O)NCC1Nc1c(O)[nH]c(=O)[nH]c1=O. The van der Waals surface area contributed by atoms with Crippen molar-refractivity contribution in [3.8, 4) is 5.88 Å². The molecule has 0 saturated carbocycles. The van der Waals surface area contributed by atoms with Crippen molar-refractivity contribution >= 4 is 17.6 Å². The van der Waals surface area contributed by atoms with Crippen LogP contribution in [-0.2, 0) is 4.84 Å². The van der Waals surface area contributed by atoms with Gasteiger partial charge in [0.15, 0.2) is 5.69 Å². The van der Waals surface area contributed by atoms with E-state index >= 15 is 0 Å². The summed E-state index contributed by atoms with van der Waals surface area (Å²) < 4.78 is 0. The quantitative estimate of drug-likeness (QED) is 0.323. The van der Waals surface area contributed by atoms with Crippen molar-refractivity contribution in [2.24, 2.45) is 10.9 Å². The third kappa shape index (κ3) is 2.55. The lowest BCUT2D eigenvalue weighted by atomic mass is 10.2. The number of H-pyrrole nitrogens is 2. The van der Waals surface area contributed by atoms with Crippen molar-refractivity contribution in [2.45, 2.75) is 6.04 Å². The molecule has 0 spiro atoms. The molecule has 1 atom stereocenters. The number of aliphatic imine (C=N–C) groups is 1. The van der Waals surface area contributed by atoms with Gasteiger partial charge in [-0.25, -0.2) is 9.59 Å². The van der Waals surface area contributed by atoms with Crippen molar-refractivity contribution in [1.82, 2.24) is 15.3 Å². The van der Waals surface area contributed by atoms with Crippen LogP contribution in [0, 0.1) is 0 Å². The molecule has 0 fully saturated rings. The van der Waals surface area contributed by atoms with Crippen LogP contribution in [0.2, 0.25) is 0 Å². The number of aromatic hydroxyl groups is 1. The lowest BCUT2D eigenvalue weighted by molar-refractivity contribution is 0.242. The predicted molar refractivity (Wildman–Crippen MR) is 62.9 cm³/mol. The smallest absolute Gasteiger partial charge is 0.344 e. The van der Waals surface area contributed by atoms with Crippen LogP contribution < -0.4 is 27.8 Å². The minimum Gasteiger partial charge on any atom is -0.493 e. The number of nitrogens with two attached hydrogens (primary N) is 1. The Morgan fingerprint density at radius 3 is 2.74 bits per heavy atom. The second-order valence-electron chi connectivity index (χ2n) is 3.58. The number of carbonyl (C=O) groups excluding carboxylic acids is 1. The first kappa shape index (κ1) is 12.6. The molecule has 1 aliphatic rings. The lowest BCUT2D eigenvalue weighted by Crippen LogP contribution is -2.48. The molecular weight excluding hydrogens is 260 g/mol. The highest BCUT2D eigenvalue weighted by Crippen LogP contribution is 2.14. The van der Waals surface area contributed by atoms with Gasteiger partial charge in [-0.2, -0.15) is 10.9 Å². The van der Waals surface area contributed by atoms with E-state index in [2.05, 4.69) is 20.5 Å². The van der Waals surface area contributed by atoms with Gasteiger partial charge < -0.3 is 20.6 Å². The number of amides is 2. The summed E-state index contributed by atoms with van der Waals surface area (Å²) in [6, 6.07) is -1.40. The average Bonchev–Trinajstić information content (AvgIpc) is 2.35. The first-order chi connectivity index (χ1) is 9.01. The Morgan fingerprint density at radius 2 is 2.11 bits per heavy atom. The van der Waals surface area contributed by atoms with E-state index < -0.39 is 29.2 Å². The standard InChI is InChI=1S/C8H10N6O5/c9-19-6-2(1-10-7(17)14-6)11-3-4(15)12-8(18)13-5(3)16/h2,11H,1,9H2,(H,10,17)(H3,12,13,15,16,18). The number of anilines is 1. The van der Waals surface area contributed by atoms with Crippen molar-refractivity contribution in [1.29, 1.82) is 0 Å². The molecule has 0 aliphatic carbocycles. The van der Waals surface area contributed by atoms with Gasteiger partial charge in [0.25, 0.3) is 5.56 Å². The van der Waals surface area contributed by atoms with Crippen molar-refractivity contribution in [3.05, 3.63) is 20.8 Å². The molecule has 7 N–H and O–H groups in total. The molecule has 11 nitrogen and oxygen atoms in total. The van der Waals surface area contributed by atoms with Gasteiger partial charge in [0, 0.05) is 6.54 Å². The molecule has 19 heavy (non-hydrogen) atoms. The summed E-state index contributed by atoms with van der Waals surface area (Å²) >= 11 is 0. The fourth-order valence-electron chi connectivity index (χ4n) is 1.50. The molecule has 2 heterocycles. The van der Waals surface area contributed by atoms with Crippen LogP contribution in [0.15, 0.2) is 14.6 Å². The number of nitrogens with zero attached hydrogens (tertiary/aromatic N) is 1. The molecule has 1 aliphatic heterocycles. The number of hydrogen-bond acceptors (Lipinski definition) is 7. The third-order valence-corrected chi connectivity index (χ3v) is 2.33. The minimum absolute atomic E-state index is 0.0346. The number of rotatable bonds is 2. The fraction of sp³-hybridized carbons (Fsp3) is 0.250. The van der Waals surface area contributed by atoms with Crippen molar-refractivity contribution in [2.75, 3.05) is 11.9 Å². The topological polar surface area (TPSA) is 175 Å². The molecule has 2 amide bonds. The summed E-state index contributed by atoms with van der Waals surface area (Å²) in [4.78, 5) is 45.1. The van der Waals surface area contributed by atoms with Gasteiger partial charge >= 0.3 is 11.7 Å². The number of nitrogens with one attached hydrogen (secondary N) is 4. The summed E-state index contributed by atoms with van der Waals surface area (Å²) in [7, 11) is 0. The van der Waals surface area contributed by atoms with Crippen LogP contribution in [0.1, 0.15) is 0 Å². The zero-order valence-corrected chi connectivity index (χ0v) is 9.39. The molecule has 0 saturated heterocycles. The fourth-order valence-corrected chi connectivity index (χ4v) is 1.50. The summed E-state index contributed by atoms with van der Waals surface area (Å²) in [6.07, 6.45) is 0. The van der Waals surface area contributed by atoms with Gasteiger partial charge in [-0.1, -0.05) is 0 Å². The van der Waals surface area contributed by atoms with E-state index in [9.17, 15) is 19.5 Å². The van der Waals surface area contributed by atoms with Gasteiger partial charge in [0.05, 0.1) is 0 Å². The zero-order chi connectivity index (χ0) is 14.0. The Hall–Kier alpha value is -2.82. The van der Waals surface area contributed by atoms with Crippen LogP contribution in [0.5, 0.6) is 5.88 Å². The largest absolute Gasteiger partial charge is 0.493 e. The number of hydrogen-bond donors (Lipinski definition) is 6. The maximum absolute atomic E-state index is 11.5. The van der Waals surface area contributed by atoms with Crippen molar-refractivity contribution in [3.63, 3.8) is 0 Å². The maximum atomic E-state index is 11.5. The first-order valence-electron chi connectivity index (χ1n) is 5.06. The highest BCUT2D eigenvalue weighted by molar-refractivity contribution is 5.97. The van der Waals surface area contributed by atoms with E-state index in [1.54, 1.807) is 0 Å². The van der Waals surface area contributed by atoms with E-state index in [1.165, 1.54) is 0 Å². The van der Waals surface area contributed by atoms with Gasteiger partial charge in [-0.3, -0.25) is 14.8 Å². The predicted octanol–water partition coefficient (Wildman–Crippen LogP) is -2.44. The summed E-state index contributed by atoms with van der Waals surface area (Å²) in [6.45, 7) is 0.0346. The molecule has 11 heteroatoms. The van der Waals surface area contributed by atoms with Gasteiger partial charge in [0.2, 0.25) is 11.8 Å². The molecule has 1 unspecified atom stereocenters. The molecule has 0 bridgehead atoms. The third-order valence-electron chi connectivity index (χ3n) is 2.33. The number of carbonyl (C=O) groups is 1. The minimum atomic E-state index is -0.853. The first-order valence-corrected chi connectivity index (χ1v) is 5.06. The van der Waals surface area contributed by atoms with E-state index in [0.717, 1.165) is 0 Å². The Labute approximate surface area is 104 Å². The number of aromatic amines is 2. The van der Waals surface area contributed by atoms with Crippen LogP contribution in [0.25, 0.3) is 0 Å². The summed E-state index contributed by atoms with van der Waals surface area (Å²) in [5.41, 5.74) is -1.99. The van der Waals surface area contributed by atoms with E-state index in [0.29, 0.717) is 0 Å². The van der Waals surface area contributed by atoms with Crippen LogP contribution in [-0.4, -0.2) is 39.6 Å². The van der Waals surface area contributed by atoms with Crippen LogP contribution >= 0.6 is 0 Å². The van der Waals surface area contributed by atoms with E-state index in [4.69, 9.17) is 5.90 Å². The van der Waals surface area contributed by atoms with E-state index in [-0.39, 0.29) is 18.1 Å². The Morgan fingerprint density at radius 1 is 1.37 bits per heavy atom. The van der Waals surface area contributed by atoms with Crippen molar-refractivity contribution < 1.29 is 14.7 Å². The Kier molecular flexibility index (Phi) is 3.20. The summed E-state index contributed by atoms with van der Waals surface area (Å²) in [5.74, 6) is 4.14. The molecule has 2 rings (SSSR count). The van der Waals surface area contributed by atoms with Crippen LogP contribution in [0.4, 0.5) is 10.5 Å². The Balaban J connectivity index is 2.32. The number of urea groups is 1. The Bertz CT molecular complexity index is 646. The highest BCUT2D eigenvalue weighted by Gasteiger charge is 2.26. The molecule has 0 radical (unpaired) electrons. The monoisotopic (exact) mass is 270 g/mol. The summed E-state index contributed by atoms with van der Waals surface area (Å²) in [5, 5.41) is 14.4. The highest BCUT2D eigenvalue weighted by atomic mass is 16.6. The normalized spacial score (nSPS) is 18.5. The molecular formula is C8H10N6O5. The second-order valence-corrected chi connectivity index (χ2v) is 3.58. The molecule has 102 valence electrons.